The Hall–Kier alpha value is -2.14. The fourth-order valence-corrected chi connectivity index (χ4v) is 2.97. The van der Waals surface area contributed by atoms with Crippen LogP contribution in [0.3, 0.4) is 0 Å². The number of aliphatic imine (C=N–C) groups is 1. The highest BCUT2D eigenvalue weighted by molar-refractivity contribution is 6.32. The lowest BCUT2D eigenvalue weighted by Crippen LogP contribution is -2.22. The Kier molecular flexibility index (Phi) is 8.24. The SMILES string of the molecule is C\C=C(/N=C(\C=C(C)/C(Cl)=C\C)CCC)C(C)C(=O)Nc1cc(C2CC2)[nH]n1. The van der Waals surface area contributed by atoms with E-state index in [2.05, 4.69) is 22.4 Å². The average Bonchev–Trinajstić information content (AvgIpc) is 3.44. The van der Waals surface area contributed by atoms with E-state index < -0.39 is 0 Å². The molecule has 0 spiro atoms. The molecule has 1 amide bonds. The van der Waals surface area contributed by atoms with Crippen molar-refractivity contribution < 1.29 is 4.79 Å². The van der Waals surface area contributed by atoms with Crippen LogP contribution in [0.1, 0.15) is 71.9 Å². The van der Waals surface area contributed by atoms with Gasteiger partial charge in [0.1, 0.15) is 0 Å². The molecule has 1 unspecified atom stereocenters. The Morgan fingerprint density at radius 1 is 1.43 bits per heavy atom. The fraction of sp³-hybridized carbons (Fsp3) is 0.500. The first-order valence-corrected chi connectivity index (χ1v) is 10.4. The Morgan fingerprint density at radius 2 is 2.14 bits per heavy atom. The summed E-state index contributed by atoms with van der Waals surface area (Å²) in [4.78, 5) is 17.5. The summed E-state index contributed by atoms with van der Waals surface area (Å²) in [6.45, 7) is 9.75. The maximum atomic E-state index is 12.7. The van der Waals surface area contributed by atoms with Crippen LogP contribution in [0.4, 0.5) is 5.82 Å². The van der Waals surface area contributed by atoms with Gasteiger partial charge in [-0.3, -0.25) is 14.9 Å². The fourth-order valence-electron chi connectivity index (χ4n) is 2.91. The van der Waals surface area contributed by atoms with Crippen LogP contribution < -0.4 is 5.32 Å². The van der Waals surface area contributed by atoms with Crippen molar-refractivity contribution >= 4 is 29.0 Å². The number of nitrogens with zero attached hydrogens (tertiary/aromatic N) is 2. The number of anilines is 1. The van der Waals surface area contributed by atoms with E-state index in [0.29, 0.717) is 16.8 Å². The van der Waals surface area contributed by atoms with Crippen LogP contribution in [0, 0.1) is 5.92 Å². The molecular weight excluding hydrogens is 372 g/mol. The van der Waals surface area contributed by atoms with Gasteiger partial charge in [0.25, 0.3) is 0 Å². The van der Waals surface area contributed by atoms with E-state index in [-0.39, 0.29) is 11.8 Å². The largest absolute Gasteiger partial charge is 0.309 e. The topological polar surface area (TPSA) is 70.1 Å². The number of nitrogens with one attached hydrogen (secondary N) is 2. The molecule has 1 aromatic heterocycles. The number of halogens is 1. The molecule has 1 atom stereocenters. The maximum absolute atomic E-state index is 12.7. The van der Waals surface area contributed by atoms with Crippen molar-refractivity contribution in [1.82, 2.24) is 10.2 Å². The number of amides is 1. The Bertz CT molecular complexity index is 812. The Morgan fingerprint density at radius 3 is 2.71 bits per heavy atom. The van der Waals surface area contributed by atoms with Crippen LogP contribution in [-0.4, -0.2) is 21.8 Å². The molecule has 6 heteroatoms. The van der Waals surface area contributed by atoms with Crippen molar-refractivity contribution in [1.29, 1.82) is 0 Å². The third-order valence-corrected chi connectivity index (χ3v) is 5.31. The zero-order valence-corrected chi connectivity index (χ0v) is 18.2. The van der Waals surface area contributed by atoms with Crippen LogP contribution in [0.5, 0.6) is 0 Å². The number of rotatable bonds is 9. The summed E-state index contributed by atoms with van der Waals surface area (Å²) in [5.74, 6) is 0.641. The second-order valence-corrected chi connectivity index (χ2v) is 7.63. The molecule has 1 aliphatic carbocycles. The molecule has 28 heavy (non-hydrogen) atoms. The van der Waals surface area contributed by atoms with E-state index in [1.807, 2.05) is 52.0 Å². The van der Waals surface area contributed by atoms with Crippen LogP contribution in [0.25, 0.3) is 0 Å². The summed E-state index contributed by atoms with van der Waals surface area (Å²) in [5, 5.41) is 10.8. The smallest absolute Gasteiger partial charge is 0.234 e. The molecule has 1 saturated carbocycles. The van der Waals surface area contributed by atoms with E-state index >= 15 is 0 Å². The molecule has 0 aromatic carbocycles. The number of aromatic amines is 1. The van der Waals surface area contributed by atoms with Gasteiger partial charge in [0, 0.05) is 34.1 Å². The number of carbonyl (C=O) groups excluding carboxylic acids is 1. The van der Waals surface area contributed by atoms with E-state index in [4.69, 9.17) is 16.6 Å². The van der Waals surface area contributed by atoms with Gasteiger partial charge in [-0.2, -0.15) is 5.10 Å². The molecule has 1 fully saturated rings. The van der Waals surface area contributed by atoms with Gasteiger partial charge in [-0.1, -0.05) is 37.1 Å². The van der Waals surface area contributed by atoms with E-state index in [1.54, 1.807) is 0 Å². The predicted octanol–water partition coefficient (Wildman–Crippen LogP) is 6.10. The first-order chi connectivity index (χ1) is 13.4. The van der Waals surface area contributed by atoms with Crippen molar-refractivity contribution in [2.75, 3.05) is 5.32 Å². The maximum Gasteiger partial charge on any atom is 0.234 e. The number of carbonyl (C=O) groups is 1. The number of allylic oxidation sites excluding steroid dienone is 5. The lowest BCUT2D eigenvalue weighted by atomic mass is 10.1. The zero-order chi connectivity index (χ0) is 20.7. The second-order valence-electron chi connectivity index (χ2n) is 7.22. The van der Waals surface area contributed by atoms with Gasteiger partial charge in [0.15, 0.2) is 5.82 Å². The van der Waals surface area contributed by atoms with Crippen molar-refractivity contribution in [3.8, 4) is 0 Å². The normalized spacial score (nSPS) is 17.6. The minimum atomic E-state index is -0.385. The first kappa shape index (κ1) is 22.2. The molecule has 5 nitrogen and oxygen atoms in total. The summed E-state index contributed by atoms with van der Waals surface area (Å²) in [6.07, 6.45) is 9.91. The van der Waals surface area contributed by atoms with Gasteiger partial charge < -0.3 is 5.32 Å². The monoisotopic (exact) mass is 402 g/mol. The van der Waals surface area contributed by atoms with Crippen molar-refractivity contribution in [3.05, 3.63) is 46.3 Å². The van der Waals surface area contributed by atoms with Crippen LogP contribution >= 0.6 is 11.6 Å². The Labute approximate surface area is 173 Å². The average molecular weight is 403 g/mol. The highest BCUT2D eigenvalue weighted by Gasteiger charge is 2.26. The van der Waals surface area contributed by atoms with Crippen molar-refractivity contribution in [2.24, 2.45) is 10.9 Å². The standard InChI is InChI=1S/C22H31ClN4O/c1-6-9-17(12-14(4)18(23)7-2)24-19(8-3)15(5)22(28)25-21-13-20(26-27-21)16-10-11-16/h7-8,12-13,15-16H,6,9-11H2,1-5H3,(H2,25,26,27,28)/b14-12-,18-7+,19-8-,24-17-. The van der Waals surface area contributed by atoms with Gasteiger partial charge in [-0.15, -0.1) is 0 Å². The van der Waals surface area contributed by atoms with Crippen LogP contribution in [0.2, 0.25) is 0 Å². The number of hydrogen-bond donors (Lipinski definition) is 2. The quantitative estimate of drug-likeness (QED) is 0.387. The molecule has 0 radical (unpaired) electrons. The molecule has 0 saturated heterocycles. The third kappa shape index (κ3) is 6.20. The van der Waals surface area contributed by atoms with Gasteiger partial charge in [0.05, 0.1) is 5.92 Å². The van der Waals surface area contributed by atoms with E-state index in [0.717, 1.165) is 35.5 Å². The lowest BCUT2D eigenvalue weighted by Gasteiger charge is -2.13. The van der Waals surface area contributed by atoms with Crippen molar-refractivity contribution in [2.45, 2.75) is 66.2 Å². The van der Waals surface area contributed by atoms with Gasteiger partial charge in [-0.05, 0) is 58.6 Å². The molecule has 152 valence electrons. The minimum Gasteiger partial charge on any atom is -0.309 e. The van der Waals surface area contributed by atoms with Gasteiger partial charge >= 0.3 is 0 Å². The zero-order valence-electron chi connectivity index (χ0n) is 17.5. The summed E-state index contributed by atoms with van der Waals surface area (Å²) >= 11 is 6.21. The number of hydrogen-bond acceptors (Lipinski definition) is 3. The molecule has 2 rings (SSSR count). The first-order valence-electron chi connectivity index (χ1n) is 9.99. The summed E-state index contributed by atoms with van der Waals surface area (Å²) in [5.41, 5.74) is 3.72. The molecular formula is C22H31ClN4O. The molecule has 1 heterocycles. The summed E-state index contributed by atoms with van der Waals surface area (Å²) in [7, 11) is 0. The number of H-pyrrole nitrogens is 1. The third-order valence-electron chi connectivity index (χ3n) is 4.79. The van der Waals surface area contributed by atoms with Crippen LogP contribution in [-0.2, 0) is 4.79 Å². The molecule has 0 aliphatic heterocycles. The van der Waals surface area contributed by atoms with Crippen LogP contribution in [0.15, 0.2) is 45.6 Å². The molecule has 2 N–H and O–H groups in total. The predicted molar refractivity (Wildman–Crippen MR) is 118 cm³/mol. The molecule has 1 aliphatic rings. The van der Waals surface area contributed by atoms with E-state index in [9.17, 15) is 4.79 Å². The van der Waals surface area contributed by atoms with Gasteiger partial charge in [-0.25, -0.2) is 0 Å². The minimum absolute atomic E-state index is 0.117. The summed E-state index contributed by atoms with van der Waals surface area (Å²) in [6, 6.07) is 1.93. The Balaban J connectivity index is 2.13. The second kappa shape index (κ2) is 10.4. The number of aromatic nitrogens is 2. The van der Waals surface area contributed by atoms with E-state index in [1.165, 1.54) is 12.8 Å². The molecule has 0 bridgehead atoms. The molecule has 1 aromatic rings. The lowest BCUT2D eigenvalue weighted by molar-refractivity contribution is -0.118. The van der Waals surface area contributed by atoms with Crippen molar-refractivity contribution in [3.63, 3.8) is 0 Å². The van der Waals surface area contributed by atoms with Gasteiger partial charge in [0.2, 0.25) is 5.91 Å². The highest BCUT2D eigenvalue weighted by Crippen LogP contribution is 2.39. The summed E-state index contributed by atoms with van der Waals surface area (Å²) < 4.78 is 0. The highest BCUT2D eigenvalue weighted by atomic mass is 35.5.